The predicted octanol–water partition coefficient (Wildman–Crippen LogP) is 1.78. The summed E-state index contributed by atoms with van der Waals surface area (Å²) in [6.45, 7) is 1.72. The Hall–Kier alpha value is -2.17. The first-order valence-electron chi connectivity index (χ1n) is 7.86. The second kappa shape index (κ2) is 8.97. The Balaban J connectivity index is 0.00000243. The number of nitrogens with one attached hydrogen (secondary N) is 2. The lowest BCUT2D eigenvalue weighted by molar-refractivity contribution is -0.387. The third kappa shape index (κ3) is 4.71. The molecular weight excluding hydrogens is 380 g/mol. The maximum absolute atomic E-state index is 12.4. The summed E-state index contributed by atoms with van der Waals surface area (Å²) in [6, 6.07) is 4.59. The lowest BCUT2D eigenvalue weighted by Crippen LogP contribution is -2.42. The molecular formula is C15H19ClN6O3S. The van der Waals surface area contributed by atoms with Crippen molar-refractivity contribution in [3.05, 3.63) is 40.2 Å². The van der Waals surface area contributed by atoms with E-state index in [9.17, 15) is 14.9 Å². The number of rotatable bonds is 5. The van der Waals surface area contributed by atoms with Gasteiger partial charge in [0.05, 0.1) is 9.82 Å². The Morgan fingerprint density at radius 1 is 1.42 bits per heavy atom. The summed E-state index contributed by atoms with van der Waals surface area (Å²) in [5.74, 6) is -0.287. The molecule has 1 aromatic carbocycles. The molecule has 1 aliphatic heterocycles. The van der Waals surface area contributed by atoms with Crippen molar-refractivity contribution in [2.24, 2.45) is 7.05 Å². The number of aryl methyl sites for hydroxylation is 1. The highest BCUT2D eigenvalue weighted by molar-refractivity contribution is 7.99. The minimum Gasteiger partial charge on any atom is -0.349 e. The number of carbonyl (C=O) groups excluding carboxylic acids is 1. The van der Waals surface area contributed by atoms with E-state index >= 15 is 0 Å². The quantitative estimate of drug-likeness (QED) is 0.582. The third-order valence-corrected chi connectivity index (χ3v) is 5.08. The standard InChI is InChI=1S/C15H18N6O3S.ClH/c1-20-9-17-19-15(20)25-13-3-2-10(8-12(13)21(23)24)14(22)18-11-4-6-16-7-5-11;/h2-3,8-9,11,16H,4-7H2,1H3,(H,18,22);1H. The van der Waals surface area contributed by atoms with Gasteiger partial charge < -0.3 is 15.2 Å². The number of amides is 1. The van der Waals surface area contributed by atoms with Crippen molar-refractivity contribution in [3.63, 3.8) is 0 Å². The first-order valence-corrected chi connectivity index (χ1v) is 8.68. The van der Waals surface area contributed by atoms with Crippen LogP contribution in [0.15, 0.2) is 34.6 Å². The van der Waals surface area contributed by atoms with E-state index in [2.05, 4.69) is 20.8 Å². The normalized spacial score (nSPS) is 14.5. The zero-order chi connectivity index (χ0) is 17.8. The maximum Gasteiger partial charge on any atom is 0.284 e. The van der Waals surface area contributed by atoms with Crippen molar-refractivity contribution >= 4 is 35.8 Å². The molecule has 1 aromatic heterocycles. The Morgan fingerprint density at radius 2 is 2.15 bits per heavy atom. The van der Waals surface area contributed by atoms with Crippen molar-refractivity contribution in [1.82, 2.24) is 25.4 Å². The average Bonchev–Trinajstić information content (AvgIpc) is 3.00. The predicted molar refractivity (Wildman–Crippen MR) is 98.8 cm³/mol. The van der Waals surface area contributed by atoms with Crippen LogP contribution in [0.5, 0.6) is 0 Å². The number of nitrogens with zero attached hydrogens (tertiary/aromatic N) is 4. The number of piperidine rings is 1. The van der Waals surface area contributed by atoms with Crippen LogP contribution in [0.1, 0.15) is 23.2 Å². The Bertz CT molecular complexity index is 793. The Morgan fingerprint density at radius 3 is 2.77 bits per heavy atom. The molecule has 0 aliphatic carbocycles. The minimum atomic E-state index is -0.486. The summed E-state index contributed by atoms with van der Waals surface area (Å²) in [5, 5.41) is 25.8. The molecule has 0 unspecified atom stereocenters. The van der Waals surface area contributed by atoms with Crippen LogP contribution in [0.3, 0.4) is 0 Å². The van der Waals surface area contributed by atoms with Crippen LogP contribution in [0.2, 0.25) is 0 Å². The van der Waals surface area contributed by atoms with Gasteiger partial charge in [0.15, 0.2) is 5.16 Å². The molecule has 2 heterocycles. The van der Waals surface area contributed by atoms with E-state index in [4.69, 9.17) is 0 Å². The summed E-state index contributed by atoms with van der Waals surface area (Å²) >= 11 is 1.14. The third-order valence-electron chi connectivity index (χ3n) is 3.96. The number of hydrogen-bond acceptors (Lipinski definition) is 7. The van der Waals surface area contributed by atoms with E-state index in [0.29, 0.717) is 10.1 Å². The van der Waals surface area contributed by atoms with Crippen LogP contribution in [-0.4, -0.2) is 44.7 Å². The maximum atomic E-state index is 12.4. The van der Waals surface area contributed by atoms with Gasteiger partial charge in [-0.25, -0.2) is 0 Å². The zero-order valence-corrected chi connectivity index (χ0v) is 15.7. The van der Waals surface area contributed by atoms with Gasteiger partial charge in [0.2, 0.25) is 0 Å². The van der Waals surface area contributed by atoms with Gasteiger partial charge in [-0.15, -0.1) is 22.6 Å². The Labute approximate surface area is 160 Å². The van der Waals surface area contributed by atoms with Crippen LogP contribution >= 0.6 is 24.2 Å². The fourth-order valence-corrected chi connectivity index (χ4v) is 3.44. The highest BCUT2D eigenvalue weighted by Crippen LogP contribution is 2.34. The smallest absolute Gasteiger partial charge is 0.284 e. The van der Waals surface area contributed by atoms with Crippen LogP contribution in [0.25, 0.3) is 0 Å². The van der Waals surface area contributed by atoms with Gasteiger partial charge in [-0.2, -0.15) is 0 Å². The molecule has 0 atom stereocenters. The summed E-state index contributed by atoms with van der Waals surface area (Å²) in [5.41, 5.74) is 0.165. The van der Waals surface area contributed by atoms with E-state index in [1.807, 2.05) is 0 Å². The summed E-state index contributed by atoms with van der Waals surface area (Å²) in [6.07, 6.45) is 3.23. The lowest BCUT2D eigenvalue weighted by Gasteiger charge is -2.23. The van der Waals surface area contributed by atoms with Gasteiger partial charge in [-0.1, -0.05) is 0 Å². The fourth-order valence-electron chi connectivity index (χ4n) is 2.59. The highest BCUT2D eigenvalue weighted by Gasteiger charge is 2.22. The molecule has 140 valence electrons. The molecule has 1 saturated heterocycles. The summed E-state index contributed by atoms with van der Waals surface area (Å²) < 4.78 is 1.67. The van der Waals surface area contributed by atoms with Crippen molar-refractivity contribution in [2.75, 3.05) is 13.1 Å². The fraction of sp³-hybridized carbons (Fsp3) is 0.400. The number of hydrogen-bond donors (Lipinski definition) is 2. The van der Waals surface area contributed by atoms with Gasteiger partial charge in [-0.3, -0.25) is 14.9 Å². The molecule has 1 amide bonds. The van der Waals surface area contributed by atoms with E-state index < -0.39 is 4.92 Å². The molecule has 0 radical (unpaired) electrons. The molecule has 9 nitrogen and oxygen atoms in total. The average molecular weight is 399 g/mol. The lowest BCUT2D eigenvalue weighted by atomic mass is 10.1. The van der Waals surface area contributed by atoms with E-state index in [0.717, 1.165) is 37.7 Å². The monoisotopic (exact) mass is 398 g/mol. The molecule has 2 aromatic rings. The molecule has 11 heteroatoms. The van der Waals surface area contributed by atoms with Crippen molar-refractivity contribution in [2.45, 2.75) is 28.9 Å². The molecule has 26 heavy (non-hydrogen) atoms. The summed E-state index contributed by atoms with van der Waals surface area (Å²) in [4.78, 5) is 23.7. The second-order valence-corrected chi connectivity index (χ2v) is 6.77. The molecule has 0 spiro atoms. The Kier molecular flexibility index (Phi) is 6.95. The number of aromatic nitrogens is 3. The molecule has 1 aliphatic rings. The van der Waals surface area contributed by atoms with Gasteiger partial charge >= 0.3 is 0 Å². The first-order chi connectivity index (χ1) is 12.0. The van der Waals surface area contributed by atoms with E-state index in [1.54, 1.807) is 23.7 Å². The molecule has 1 fully saturated rings. The highest BCUT2D eigenvalue weighted by atomic mass is 35.5. The number of halogens is 1. The minimum absolute atomic E-state index is 0. The van der Waals surface area contributed by atoms with Gasteiger partial charge in [0.1, 0.15) is 6.33 Å². The zero-order valence-electron chi connectivity index (χ0n) is 14.0. The van der Waals surface area contributed by atoms with E-state index in [1.165, 1.54) is 12.4 Å². The van der Waals surface area contributed by atoms with Crippen LogP contribution in [0.4, 0.5) is 5.69 Å². The van der Waals surface area contributed by atoms with Crippen molar-refractivity contribution in [1.29, 1.82) is 0 Å². The first kappa shape index (κ1) is 20.1. The number of nitro benzene ring substituents is 1. The van der Waals surface area contributed by atoms with Crippen LogP contribution < -0.4 is 10.6 Å². The largest absolute Gasteiger partial charge is 0.349 e. The van der Waals surface area contributed by atoms with Crippen LogP contribution in [0, 0.1) is 10.1 Å². The SMILES string of the molecule is Cl.Cn1cnnc1Sc1ccc(C(=O)NC2CCNCC2)cc1[N+](=O)[O-]. The van der Waals surface area contributed by atoms with Crippen LogP contribution in [-0.2, 0) is 7.05 Å². The number of nitro groups is 1. The van der Waals surface area contributed by atoms with Gasteiger partial charge in [0.25, 0.3) is 11.6 Å². The number of carbonyl (C=O) groups is 1. The van der Waals surface area contributed by atoms with E-state index in [-0.39, 0.29) is 35.6 Å². The van der Waals surface area contributed by atoms with Crippen molar-refractivity contribution in [3.8, 4) is 0 Å². The second-order valence-electron chi connectivity index (χ2n) is 5.76. The molecule has 2 N–H and O–H groups in total. The molecule has 0 saturated carbocycles. The molecule has 3 rings (SSSR count). The van der Waals surface area contributed by atoms with Gasteiger partial charge in [-0.05, 0) is 49.8 Å². The van der Waals surface area contributed by atoms with Gasteiger partial charge in [0, 0.05) is 24.7 Å². The molecule has 0 bridgehead atoms. The topological polar surface area (TPSA) is 115 Å². The van der Waals surface area contributed by atoms with Crippen molar-refractivity contribution < 1.29 is 9.72 Å². The summed E-state index contributed by atoms with van der Waals surface area (Å²) in [7, 11) is 1.76. The number of benzene rings is 1.